The van der Waals surface area contributed by atoms with Crippen LogP contribution in [-0.2, 0) is 0 Å². The summed E-state index contributed by atoms with van der Waals surface area (Å²) in [5.74, 6) is 0.767. The van der Waals surface area contributed by atoms with Crippen LogP contribution in [0.5, 0.6) is 5.75 Å². The van der Waals surface area contributed by atoms with E-state index in [2.05, 4.69) is 87.7 Å². The molecule has 0 saturated carbocycles. The molecule has 2 fully saturated rings. The predicted molar refractivity (Wildman–Crippen MR) is 156 cm³/mol. The van der Waals surface area contributed by atoms with Gasteiger partial charge in [-0.05, 0) is 88.1 Å². The molecule has 0 amide bonds. The van der Waals surface area contributed by atoms with E-state index >= 15 is 0 Å². The molecule has 2 aliphatic heterocycles. The van der Waals surface area contributed by atoms with Crippen molar-refractivity contribution in [2.24, 2.45) is 9.98 Å². The fourth-order valence-electron chi connectivity index (χ4n) is 5.15. The van der Waals surface area contributed by atoms with Gasteiger partial charge in [-0.2, -0.15) is 0 Å². The zero-order chi connectivity index (χ0) is 26.0. The molecule has 0 radical (unpaired) electrons. The minimum Gasteiger partial charge on any atom is -0.496 e. The third-order valence-electron chi connectivity index (χ3n) is 7.36. The Hall–Kier alpha value is -3.42. The molecule has 2 heterocycles. The van der Waals surface area contributed by atoms with Crippen molar-refractivity contribution in [3.63, 3.8) is 0 Å². The van der Waals surface area contributed by atoms with Gasteiger partial charge < -0.3 is 25.6 Å². The number of rotatable bonds is 12. The zero-order valence-electron chi connectivity index (χ0n) is 22.2. The summed E-state index contributed by atoms with van der Waals surface area (Å²) in [7, 11) is 3.87. The van der Waals surface area contributed by atoms with E-state index in [9.17, 15) is 0 Å². The molecule has 0 spiro atoms. The van der Waals surface area contributed by atoms with Gasteiger partial charge in [0.1, 0.15) is 5.75 Å². The molecule has 3 N–H and O–H groups in total. The Balaban J connectivity index is 1.50. The standard InChI is InChI=1S/C30H40N6O/c1-31-20-28(35-19-26-8-6-16-36(26)3)23-11-9-22(10-12-23)24-13-14-30(37-4)27(17-24)29(32-2)21-33-18-25-7-5-15-34-25/h9-14,17,20-21,25-26,33-35H,1-2,5-8,15-16,18-19H2,3-4H3/b28-20-,29-21-/t25-,26-/m0/s1. The van der Waals surface area contributed by atoms with Crippen molar-refractivity contribution in [2.75, 3.05) is 40.3 Å². The van der Waals surface area contributed by atoms with Crippen molar-refractivity contribution < 1.29 is 4.74 Å². The number of benzene rings is 2. The van der Waals surface area contributed by atoms with Gasteiger partial charge in [-0.15, -0.1) is 0 Å². The van der Waals surface area contributed by atoms with Crippen LogP contribution in [0.25, 0.3) is 22.5 Å². The van der Waals surface area contributed by atoms with Gasteiger partial charge in [-0.3, -0.25) is 9.98 Å². The maximum Gasteiger partial charge on any atom is 0.128 e. The molecule has 7 nitrogen and oxygen atoms in total. The Labute approximate surface area is 221 Å². The normalized spacial score (nSPS) is 20.6. The van der Waals surface area contributed by atoms with Crippen LogP contribution in [0.15, 0.2) is 64.8 Å². The molecule has 2 aliphatic rings. The highest BCUT2D eigenvalue weighted by molar-refractivity contribution is 5.78. The van der Waals surface area contributed by atoms with Gasteiger partial charge in [0.25, 0.3) is 0 Å². The van der Waals surface area contributed by atoms with Crippen molar-refractivity contribution in [3.05, 3.63) is 66.0 Å². The molecule has 2 atom stereocenters. The molecule has 2 aromatic rings. The summed E-state index contributed by atoms with van der Waals surface area (Å²) >= 11 is 0. The Morgan fingerprint density at radius 1 is 1.11 bits per heavy atom. The van der Waals surface area contributed by atoms with E-state index in [-0.39, 0.29) is 0 Å². The van der Waals surface area contributed by atoms with Crippen molar-refractivity contribution in [1.29, 1.82) is 0 Å². The van der Waals surface area contributed by atoms with E-state index in [0.717, 1.165) is 65.6 Å². The van der Waals surface area contributed by atoms with Crippen molar-refractivity contribution in [2.45, 2.75) is 37.8 Å². The lowest BCUT2D eigenvalue weighted by Gasteiger charge is -2.21. The lowest BCUT2D eigenvalue weighted by atomic mass is 9.99. The summed E-state index contributed by atoms with van der Waals surface area (Å²) in [6.07, 6.45) is 8.64. The number of nitrogens with one attached hydrogen (secondary N) is 3. The summed E-state index contributed by atoms with van der Waals surface area (Å²) in [6, 6.07) is 15.7. The monoisotopic (exact) mass is 500 g/mol. The van der Waals surface area contributed by atoms with Gasteiger partial charge in [0.05, 0.1) is 18.5 Å². The Bertz CT molecular complexity index is 1120. The van der Waals surface area contributed by atoms with E-state index in [0.29, 0.717) is 12.1 Å². The van der Waals surface area contributed by atoms with Crippen molar-refractivity contribution in [1.82, 2.24) is 20.9 Å². The first kappa shape index (κ1) is 26.6. The number of hydrogen-bond donors (Lipinski definition) is 3. The zero-order valence-corrected chi connectivity index (χ0v) is 22.2. The third-order valence-corrected chi connectivity index (χ3v) is 7.36. The highest BCUT2D eigenvalue weighted by Crippen LogP contribution is 2.32. The van der Waals surface area contributed by atoms with Gasteiger partial charge >= 0.3 is 0 Å². The Morgan fingerprint density at radius 3 is 2.57 bits per heavy atom. The molecule has 0 aliphatic carbocycles. The Morgan fingerprint density at radius 2 is 1.92 bits per heavy atom. The molecule has 2 saturated heterocycles. The van der Waals surface area contributed by atoms with Crippen LogP contribution in [0.1, 0.15) is 36.8 Å². The molecular weight excluding hydrogens is 460 g/mol. The summed E-state index contributed by atoms with van der Waals surface area (Å²) in [6.45, 7) is 11.5. The molecule has 196 valence electrons. The van der Waals surface area contributed by atoms with Gasteiger partial charge in [0, 0.05) is 43.1 Å². The van der Waals surface area contributed by atoms with Gasteiger partial charge in [-0.25, -0.2) is 0 Å². The SMILES string of the molecule is C=N/C=C(\NC[C@@H]1CCCN1C)c1ccc(-c2ccc(OC)c(/C(=C/NC[C@@H]3CCCN3)N=C)c2)cc1. The summed E-state index contributed by atoms with van der Waals surface area (Å²) in [5, 5.41) is 10.5. The van der Waals surface area contributed by atoms with Crippen LogP contribution < -0.4 is 20.7 Å². The van der Waals surface area contributed by atoms with Crippen LogP contribution in [0.3, 0.4) is 0 Å². The molecule has 0 bridgehead atoms. The fourth-order valence-corrected chi connectivity index (χ4v) is 5.15. The van der Waals surface area contributed by atoms with Gasteiger partial charge in [0.15, 0.2) is 0 Å². The number of hydrogen-bond acceptors (Lipinski definition) is 7. The van der Waals surface area contributed by atoms with Crippen LogP contribution in [0, 0.1) is 0 Å². The molecular formula is C30H40N6O. The minimum absolute atomic E-state index is 0.498. The summed E-state index contributed by atoms with van der Waals surface area (Å²) in [4.78, 5) is 10.7. The molecule has 37 heavy (non-hydrogen) atoms. The van der Waals surface area contributed by atoms with Crippen molar-refractivity contribution >= 4 is 24.8 Å². The first-order valence-corrected chi connectivity index (χ1v) is 13.2. The number of ether oxygens (including phenoxy) is 1. The number of likely N-dealkylation sites (N-methyl/N-ethyl adjacent to an activating group) is 1. The van der Waals surface area contributed by atoms with Crippen LogP contribution in [0.4, 0.5) is 0 Å². The molecule has 0 aromatic heterocycles. The second kappa shape index (κ2) is 13.2. The summed E-state index contributed by atoms with van der Waals surface area (Å²) in [5.41, 5.74) is 5.94. The topological polar surface area (TPSA) is 73.3 Å². The average molecular weight is 501 g/mol. The van der Waals surface area contributed by atoms with Gasteiger partial charge in [0.2, 0.25) is 0 Å². The lowest BCUT2D eigenvalue weighted by molar-refractivity contribution is 0.309. The number of nitrogens with zero attached hydrogens (tertiary/aromatic N) is 3. The van der Waals surface area contributed by atoms with E-state index in [1.807, 2.05) is 12.3 Å². The predicted octanol–water partition coefficient (Wildman–Crippen LogP) is 4.39. The highest BCUT2D eigenvalue weighted by atomic mass is 16.5. The van der Waals surface area contributed by atoms with E-state index in [1.54, 1.807) is 13.3 Å². The van der Waals surface area contributed by atoms with E-state index in [4.69, 9.17) is 4.74 Å². The van der Waals surface area contributed by atoms with Crippen LogP contribution in [-0.4, -0.2) is 70.8 Å². The fraction of sp³-hybridized carbons (Fsp3) is 0.400. The first-order valence-electron chi connectivity index (χ1n) is 13.2. The second-order valence-electron chi connectivity index (χ2n) is 9.76. The maximum atomic E-state index is 5.65. The third kappa shape index (κ3) is 6.87. The second-order valence-corrected chi connectivity index (χ2v) is 9.76. The molecule has 0 unspecified atom stereocenters. The summed E-state index contributed by atoms with van der Waals surface area (Å²) < 4.78 is 5.65. The molecule has 4 rings (SSSR count). The lowest BCUT2D eigenvalue weighted by Crippen LogP contribution is -2.34. The number of methoxy groups -OCH3 is 1. The highest BCUT2D eigenvalue weighted by Gasteiger charge is 2.20. The number of likely N-dealkylation sites (tertiary alicyclic amines) is 1. The maximum absolute atomic E-state index is 5.65. The smallest absolute Gasteiger partial charge is 0.128 e. The molecule has 2 aromatic carbocycles. The van der Waals surface area contributed by atoms with E-state index in [1.165, 1.54) is 25.7 Å². The number of aliphatic imine (C=N–C) groups is 2. The quantitative estimate of drug-likeness (QED) is 0.377. The van der Waals surface area contributed by atoms with Crippen LogP contribution >= 0.6 is 0 Å². The Kier molecular flexibility index (Phi) is 9.52. The largest absolute Gasteiger partial charge is 0.496 e. The van der Waals surface area contributed by atoms with Crippen LogP contribution in [0.2, 0.25) is 0 Å². The average Bonchev–Trinajstić information content (AvgIpc) is 3.60. The minimum atomic E-state index is 0.498. The van der Waals surface area contributed by atoms with Gasteiger partial charge in [-0.1, -0.05) is 30.3 Å². The van der Waals surface area contributed by atoms with E-state index < -0.39 is 0 Å². The molecule has 7 heteroatoms. The first-order chi connectivity index (χ1) is 18.1. The van der Waals surface area contributed by atoms with Crippen molar-refractivity contribution in [3.8, 4) is 16.9 Å².